The average molecular weight is 377 g/mol. The molecule has 1 aliphatic carbocycles. The van der Waals surface area contributed by atoms with E-state index in [-0.39, 0.29) is 6.03 Å². The Bertz CT molecular complexity index is 611. The summed E-state index contributed by atoms with van der Waals surface area (Å²) in [5.74, 6) is 0.508. The fourth-order valence-corrected chi connectivity index (χ4v) is 4.33. The summed E-state index contributed by atoms with van der Waals surface area (Å²) in [5, 5.41) is 7.02. The van der Waals surface area contributed by atoms with Crippen molar-refractivity contribution in [1.82, 2.24) is 15.5 Å². The predicted octanol–water partition coefficient (Wildman–Crippen LogP) is 3.09. The third-order valence-corrected chi connectivity index (χ3v) is 6.21. The second kappa shape index (κ2) is 8.05. The molecule has 0 unspecified atom stereocenters. The molecule has 1 aromatic carbocycles. The molecule has 1 aromatic rings. The van der Waals surface area contributed by atoms with E-state index >= 15 is 0 Å². The van der Waals surface area contributed by atoms with Gasteiger partial charge in [-0.2, -0.15) is 0 Å². The van der Waals surface area contributed by atoms with Crippen molar-refractivity contribution in [2.45, 2.75) is 44.2 Å². The van der Waals surface area contributed by atoms with Gasteiger partial charge in [-0.1, -0.05) is 11.6 Å². The van der Waals surface area contributed by atoms with Crippen molar-refractivity contribution in [3.8, 4) is 0 Å². The third kappa shape index (κ3) is 4.63. The number of nitrogens with zero attached hydrogens (tertiary/aromatic N) is 2. The van der Waals surface area contributed by atoms with E-state index in [1.165, 1.54) is 18.5 Å². The van der Waals surface area contributed by atoms with Crippen molar-refractivity contribution in [3.05, 3.63) is 29.3 Å². The summed E-state index contributed by atoms with van der Waals surface area (Å²) in [7, 11) is 0. The monoisotopic (exact) mass is 376 g/mol. The van der Waals surface area contributed by atoms with Crippen LogP contribution in [0.15, 0.2) is 24.3 Å². The topological polar surface area (TPSA) is 47.6 Å². The molecule has 2 heterocycles. The molecule has 6 heteroatoms. The van der Waals surface area contributed by atoms with Crippen LogP contribution in [0.1, 0.15) is 32.1 Å². The standard InChI is InChI=1S/C20H29ClN4O/c21-16-1-3-19(4-2-16)25-10-7-15(14-25)13-22-20(26)23-17-8-11-24(12-9-17)18-5-6-18/h1-4,15,17-18H,5-14H2,(H2,22,23,26)/t15-/m1/s1. The molecule has 5 nitrogen and oxygen atoms in total. The molecule has 4 rings (SSSR count). The van der Waals surface area contributed by atoms with Crippen LogP contribution in [0.2, 0.25) is 5.02 Å². The van der Waals surface area contributed by atoms with Gasteiger partial charge in [0.05, 0.1) is 0 Å². The molecule has 0 spiro atoms. The van der Waals surface area contributed by atoms with Crippen LogP contribution in [0.25, 0.3) is 0 Å². The van der Waals surface area contributed by atoms with Gasteiger partial charge in [-0.25, -0.2) is 4.79 Å². The van der Waals surface area contributed by atoms with Crippen LogP contribution >= 0.6 is 11.6 Å². The van der Waals surface area contributed by atoms with Crippen LogP contribution in [0.4, 0.5) is 10.5 Å². The first kappa shape index (κ1) is 17.9. The Kier molecular flexibility index (Phi) is 5.55. The molecule has 0 bridgehead atoms. The first-order valence-electron chi connectivity index (χ1n) is 9.96. The summed E-state index contributed by atoms with van der Waals surface area (Å²) < 4.78 is 0. The number of hydrogen-bond donors (Lipinski definition) is 2. The van der Waals surface area contributed by atoms with Gasteiger partial charge in [0.25, 0.3) is 0 Å². The number of likely N-dealkylation sites (tertiary alicyclic amines) is 1. The van der Waals surface area contributed by atoms with Crippen molar-refractivity contribution in [2.24, 2.45) is 5.92 Å². The SMILES string of the molecule is O=C(NC[C@H]1CCN(c2ccc(Cl)cc2)C1)NC1CCN(C2CC2)CC1. The van der Waals surface area contributed by atoms with E-state index in [1.807, 2.05) is 12.1 Å². The van der Waals surface area contributed by atoms with E-state index < -0.39 is 0 Å². The van der Waals surface area contributed by atoms with Crippen molar-refractivity contribution in [2.75, 3.05) is 37.6 Å². The molecular formula is C20H29ClN4O. The normalized spacial score (nSPS) is 24.7. The Morgan fingerprint density at radius 2 is 1.77 bits per heavy atom. The number of piperidine rings is 1. The van der Waals surface area contributed by atoms with Gasteiger partial charge in [-0.3, -0.25) is 0 Å². The van der Waals surface area contributed by atoms with Crippen molar-refractivity contribution in [3.63, 3.8) is 0 Å². The lowest BCUT2D eigenvalue weighted by atomic mass is 10.1. The Hall–Kier alpha value is -1.46. The van der Waals surface area contributed by atoms with Gasteiger partial charge in [0.2, 0.25) is 0 Å². The van der Waals surface area contributed by atoms with Crippen LogP contribution < -0.4 is 15.5 Å². The summed E-state index contributed by atoms with van der Waals surface area (Å²) in [6.07, 6.45) is 6.01. The number of carbonyl (C=O) groups is 1. The zero-order valence-corrected chi connectivity index (χ0v) is 16.0. The van der Waals surface area contributed by atoms with Crippen LogP contribution in [0.3, 0.4) is 0 Å². The summed E-state index contributed by atoms with van der Waals surface area (Å²) in [4.78, 5) is 17.2. The first-order valence-corrected chi connectivity index (χ1v) is 10.3. The lowest BCUT2D eigenvalue weighted by Crippen LogP contribution is -2.49. The van der Waals surface area contributed by atoms with Crippen molar-refractivity contribution >= 4 is 23.3 Å². The Labute approximate surface area is 161 Å². The van der Waals surface area contributed by atoms with E-state index in [0.29, 0.717) is 12.0 Å². The van der Waals surface area contributed by atoms with E-state index in [1.54, 1.807) is 0 Å². The van der Waals surface area contributed by atoms with E-state index in [2.05, 4.69) is 32.6 Å². The number of nitrogens with one attached hydrogen (secondary N) is 2. The Balaban J connectivity index is 1.15. The van der Waals surface area contributed by atoms with Gasteiger partial charge in [-0.05, 0) is 62.3 Å². The summed E-state index contributed by atoms with van der Waals surface area (Å²) >= 11 is 5.96. The fraction of sp³-hybridized carbons (Fsp3) is 0.650. The third-order valence-electron chi connectivity index (χ3n) is 5.96. The highest BCUT2D eigenvalue weighted by atomic mass is 35.5. The fourth-order valence-electron chi connectivity index (χ4n) is 4.21. The summed E-state index contributed by atoms with van der Waals surface area (Å²) in [5.41, 5.74) is 1.21. The number of urea groups is 1. The van der Waals surface area contributed by atoms with Gasteiger partial charge in [0, 0.05) is 55.5 Å². The maximum atomic E-state index is 12.2. The average Bonchev–Trinajstić information content (AvgIpc) is 3.39. The number of amides is 2. The highest BCUT2D eigenvalue weighted by Gasteiger charge is 2.32. The summed E-state index contributed by atoms with van der Waals surface area (Å²) in [6, 6.07) is 9.18. The predicted molar refractivity (Wildman–Crippen MR) is 106 cm³/mol. The second-order valence-electron chi connectivity index (χ2n) is 7.97. The van der Waals surface area contributed by atoms with Crippen LogP contribution in [0, 0.1) is 5.92 Å². The van der Waals surface area contributed by atoms with Crippen LogP contribution in [-0.2, 0) is 0 Å². The molecule has 3 aliphatic rings. The molecular weight excluding hydrogens is 348 g/mol. The quantitative estimate of drug-likeness (QED) is 0.830. The molecule has 3 fully saturated rings. The van der Waals surface area contributed by atoms with Gasteiger partial charge in [0.15, 0.2) is 0 Å². The van der Waals surface area contributed by atoms with Crippen molar-refractivity contribution in [1.29, 1.82) is 0 Å². The minimum atomic E-state index is -0.000171. The van der Waals surface area contributed by atoms with Crippen molar-refractivity contribution < 1.29 is 4.79 Å². The zero-order chi connectivity index (χ0) is 17.9. The number of carbonyl (C=O) groups excluding carboxylic acids is 1. The molecule has 0 radical (unpaired) electrons. The Morgan fingerprint density at radius 3 is 2.46 bits per heavy atom. The van der Waals surface area contributed by atoms with E-state index in [9.17, 15) is 4.79 Å². The lowest BCUT2D eigenvalue weighted by Gasteiger charge is -2.32. The second-order valence-corrected chi connectivity index (χ2v) is 8.41. The number of halogens is 1. The zero-order valence-electron chi connectivity index (χ0n) is 15.3. The molecule has 2 saturated heterocycles. The maximum Gasteiger partial charge on any atom is 0.315 e. The minimum absolute atomic E-state index is 0.000171. The number of anilines is 1. The first-order chi connectivity index (χ1) is 12.7. The van der Waals surface area contributed by atoms with Crippen LogP contribution in [0.5, 0.6) is 0 Å². The van der Waals surface area contributed by atoms with E-state index in [4.69, 9.17) is 11.6 Å². The molecule has 2 aliphatic heterocycles. The van der Waals surface area contributed by atoms with Gasteiger partial charge in [-0.15, -0.1) is 0 Å². The molecule has 1 atom stereocenters. The van der Waals surface area contributed by atoms with Crippen LogP contribution in [-0.4, -0.2) is 55.7 Å². The van der Waals surface area contributed by atoms with E-state index in [0.717, 1.165) is 63.1 Å². The van der Waals surface area contributed by atoms with Gasteiger partial charge in [0.1, 0.15) is 0 Å². The highest BCUT2D eigenvalue weighted by Crippen LogP contribution is 2.29. The molecule has 1 saturated carbocycles. The lowest BCUT2D eigenvalue weighted by molar-refractivity contribution is 0.185. The molecule has 2 N–H and O–H groups in total. The van der Waals surface area contributed by atoms with Gasteiger partial charge < -0.3 is 20.4 Å². The van der Waals surface area contributed by atoms with Gasteiger partial charge >= 0.3 is 6.03 Å². The summed E-state index contributed by atoms with van der Waals surface area (Å²) in [6.45, 7) is 5.04. The molecule has 2 amide bonds. The number of rotatable bonds is 5. The number of benzene rings is 1. The minimum Gasteiger partial charge on any atom is -0.371 e. The Morgan fingerprint density at radius 1 is 1.04 bits per heavy atom. The highest BCUT2D eigenvalue weighted by molar-refractivity contribution is 6.30. The molecule has 142 valence electrons. The smallest absolute Gasteiger partial charge is 0.315 e. The molecule has 26 heavy (non-hydrogen) atoms. The number of hydrogen-bond acceptors (Lipinski definition) is 3. The maximum absolute atomic E-state index is 12.2. The largest absolute Gasteiger partial charge is 0.371 e. The molecule has 0 aromatic heterocycles.